The second-order valence-electron chi connectivity index (χ2n) is 4.42. The van der Waals surface area contributed by atoms with Crippen LogP contribution in [0.15, 0.2) is 0 Å². The third-order valence-corrected chi connectivity index (χ3v) is 2.83. The summed E-state index contributed by atoms with van der Waals surface area (Å²) in [4.78, 5) is 2.35. The molecular weight excluding hydrogens is 186 g/mol. The van der Waals surface area contributed by atoms with Gasteiger partial charge in [0.25, 0.3) is 0 Å². The van der Waals surface area contributed by atoms with Crippen molar-refractivity contribution in [1.29, 1.82) is 5.41 Å². The lowest BCUT2D eigenvalue weighted by molar-refractivity contribution is 0.184. The molecule has 0 saturated heterocycles. The van der Waals surface area contributed by atoms with Crippen molar-refractivity contribution < 1.29 is 0 Å². The highest BCUT2D eigenvalue weighted by molar-refractivity contribution is 5.82. The average molecular weight is 213 g/mol. The number of rotatable bonds is 8. The van der Waals surface area contributed by atoms with E-state index in [9.17, 15) is 0 Å². The molecule has 1 unspecified atom stereocenters. The van der Waals surface area contributed by atoms with E-state index in [0.29, 0.717) is 11.9 Å². The van der Waals surface area contributed by atoms with Crippen LogP contribution in [0.25, 0.3) is 0 Å². The zero-order valence-electron chi connectivity index (χ0n) is 10.7. The molecule has 0 aliphatic heterocycles. The van der Waals surface area contributed by atoms with Crippen molar-refractivity contribution in [3.8, 4) is 0 Å². The van der Waals surface area contributed by atoms with Crippen LogP contribution in [0.3, 0.4) is 0 Å². The molecule has 0 fully saturated rings. The van der Waals surface area contributed by atoms with Gasteiger partial charge in [-0.3, -0.25) is 10.3 Å². The third-order valence-electron chi connectivity index (χ3n) is 2.83. The lowest BCUT2D eigenvalue weighted by atomic mass is 10.1. The zero-order chi connectivity index (χ0) is 11.8. The number of nitrogens with one attached hydrogen (secondary N) is 1. The highest BCUT2D eigenvalue weighted by Gasteiger charge is 2.21. The van der Waals surface area contributed by atoms with E-state index in [0.717, 1.165) is 13.0 Å². The predicted molar refractivity (Wildman–Crippen MR) is 67.4 cm³/mol. The Morgan fingerprint density at radius 2 is 1.87 bits per heavy atom. The van der Waals surface area contributed by atoms with Gasteiger partial charge < -0.3 is 5.73 Å². The van der Waals surface area contributed by atoms with E-state index in [1.54, 1.807) is 0 Å². The fourth-order valence-electron chi connectivity index (χ4n) is 1.95. The van der Waals surface area contributed by atoms with Gasteiger partial charge in [0.15, 0.2) is 0 Å². The van der Waals surface area contributed by atoms with Crippen LogP contribution in [0.2, 0.25) is 0 Å². The molecule has 0 spiro atoms. The Kier molecular flexibility index (Phi) is 7.39. The minimum atomic E-state index is 0.127. The van der Waals surface area contributed by atoms with Gasteiger partial charge in [-0.05, 0) is 33.2 Å². The fourth-order valence-corrected chi connectivity index (χ4v) is 1.95. The first-order chi connectivity index (χ1) is 7.04. The molecular formula is C12H27N3. The maximum absolute atomic E-state index is 7.59. The van der Waals surface area contributed by atoms with Gasteiger partial charge in [-0.1, -0.05) is 26.7 Å². The smallest absolute Gasteiger partial charge is 0.108 e. The van der Waals surface area contributed by atoms with Crippen LogP contribution < -0.4 is 5.73 Å². The highest BCUT2D eigenvalue weighted by Crippen LogP contribution is 2.11. The number of amidine groups is 1. The van der Waals surface area contributed by atoms with Crippen molar-refractivity contribution in [1.82, 2.24) is 4.90 Å². The van der Waals surface area contributed by atoms with E-state index in [2.05, 4.69) is 32.6 Å². The molecule has 0 aromatic heterocycles. The number of nitrogens with zero attached hydrogens (tertiary/aromatic N) is 1. The highest BCUT2D eigenvalue weighted by atomic mass is 15.2. The van der Waals surface area contributed by atoms with Crippen molar-refractivity contribution >= 4 is 5.84 Å². The van der Waals surface area contributed by atoms with Gasteiger partial charge in [-0.25, -0.2) is 0 Å². The second-order valence-corrected chi connectivity index (χ2v) is 4.42. The first-order valence-corrected chi connectivity index (χ1v) is 6.14. The molecule has 0 rings (SSSR count). The van der Waals surface area contributed by atoms with Gasteiger partial charge in [0, 0.05) is 6.04 Å². The normalized spacial score (nSPS) is 13.5. The summed E-state index contributed by atoms with van der Waals surface area (Å²) in [6, 6.07) is 0.595. The molecule has 0 aliphatic carbocycles. The molecule has 90 valence electrons. The maximum Gasteiger partial charge on any atom is 0.108 e. The maximum atomic E-state index is 7.59. The van der Waals surface area contributed by atoms with Crippen LogP contribution in [0.1, 0.15) is 53.4 Å². The SMILES string of the molecule is CCCCCN(C(C)C)C(CC)C(=N)N. The molecule has 0 bridgehead atoms. The predicted octanol–water partition coefficient (Wildman–Crippen LogP) is 2.60. The molecule has 1 atom stereocenters. The summed E-state index contributed by atoms with van der Waals surface area (Å²) in [5.74, 6) is 0.308. The van der Waals surface area contributed by atoms with E-state index in [1.165, 1.54) is 19.3 Å². The van der Waals surface area contributed by atoms with E-state index in [1.807, 2.05) is 0 Å². The summed E-state index contributed by atoms with van der Waals surface area (Å²) in [7, 11) is 0. The summed E-state index contributed by atoms with van der Waals surface area (Å²) in [5, 5.41) is 7.59. The van der Waals surface area contributed by atoms with Crippen molar-refractivity contribution in [2.24, 2.45) is 5.73 Å². The Morgan fingerprint density at radius 1 is 1.27 bits per heavy atom. The molecule has 0 aliphatic rings. The minimum Gasteiger partial charge on any atom is -0.386 e. The minimum absolute atomic E-state index is 0.127. The van der Waals surface area contributed by atoms with E-state index in [-0.39, 0.29) is 6.04 Å². The zero-order valence-corrected chi connectivity index (χ0v) is 10.7. The Labute approximate surface area is 94.5 Å². The van der Waals surface area contributed by atoms with Crippen LogP contribution in [0.4, 0.5) is 0 Å². The average Bonchev–Trinajstić information content (AvgIpc) is 2.16. The van der Waals surface area contributed by atoms with E-state index >= 15 is 0 Å². The summed E-state index contributed by atoms with van der Waals surface area (Å²) < 4.78 is 0. The summed E-state index contributed by atoms with van der Waals surface area (Å²) in [6.45, 7) is 9.72. The molecule has 0 radical (unpaired) electrons. The lowest BCUT2D eigenvalue weighted by Gasteiger charge is -2.33. The van der Waals surface area contributed by atoms with E-state index in [4.69, 9.17) is 11.1 Å². The monoisotopic (exact) mass is 213 g/mol. The fraction of sp³-hybridized carbons (Fsp3) is 0.917. The van der Waals surface area contributed by atoms with Crippen LogP contribution in [-0.4, -0.2) is 29.4 Å². The molecule has 0 amide bonds. The number of nitrogens with two attached hydrogens (primary N) is 1. The number of unbranched alkanes of at least 4 members (excludes halogenated alkanes) is 2. The van der Waals surface area contributed by atoms with Gasteiger partial charge in [0.1, 0.15) is 5.84 Å². The first kappa shape index (κ1) is 14.4. The molecule has 15 heavy (non-hydrogen) atoms. The van der Waals surface area contributed by atoms with Crippen molar-refractivity contribution in [2.75, 3.05) is 6.54 Å². The van der Waals surface area contributed by atoms with Gasteiger partial charge in [-0.2, -0.15) is 0 Å². The van der Waals surface area contributed by atoms with Crippen LogP contribution in [-0.2, 0) is 0 Å². The Bertz CT molecular complexity index is 178. The lowest BCUT2D eigenvalue weighted by Crippen LogP contribution is -2.47. The topological polar surface area (TPSA) is 53.1 Å². The molecule has 0 saturated carbocycles. The van der Waals surface area contributed by atoms with Crippen LogP contribution in [0, 0.1) is 5.41 Å². The Morgan fingerprint density at radius 3 is 2.20 bits per heavy atom. The van der Waals surface area contributed by atoms with Crippen molar-refractivity contribution in [3.05, 3.63) is 0 Å². The van der Waals surface area contributed by atoms with Gasteiger partial charge in [-0.15, -0.1) is 0 Å². The quantitative estimate of drug-likeness (QED) is 0.370. The summed E-state index contributed by atoms with van der Waals surface area (Å²) in [5.41, 5.74) is 5.63. The number of hydrogen-bond donors (Lipinski definition) is 2. The Hall–Kier alpha value is -0.570. The summed E-state index contributed by atoms with van der Waals surface area (Å²) in [6.07, 6.45) is 4.64. The standard InChI is InChI=1S/C12H27N3/c1-5-7-8-9-15(10(3)4)11(6-2)12(13)14/h10-11H,5-9H2,1-4H3,(H3,13,14). The van der Waals surface area contributed by atoms with E-state index < -0.39 is 0 Å². The molecule has 0 aromatic carbocycles. The molecule has 3 nitrogen and oxygen atoms in total. The second kappa shape index (κ2) is 7.69. The number of hydrogen-bond acceptors (Lipinski definition) is 2. The van der Waals surface area contributed by atoms with Crippen molar-refractivity contribution in [3.63, 3.8) is 0 Å². The van der Waals surface area contributed by atoms with Gasteiger partial charge in [0.2, 0.25) is 0 Å². The third kappa shape index (κ3) is 5.17. The van der Waals surface area contributed by atoms with Crippen molar-refractivity contribution in [2.45, 2.75) is 65.5 Å². The Balaban J connectivity index is 4.28. The molecule has 3 heteroatoms. The largest absolute Gasteiger partial charge is 0.386 e. The van der Waals surface area contributed by atoms with Crippen LogP contribution in [0.5, 0.6) is 0 Å². The summed E-state index contributed by atoms with van der Waals surface area (Å²) >= 11 is 0. The van der Waals surface area contributed by atoms with Crippen LogP contribution >= 0.6 is 0 Å². The molecule has 3 N–H and O–H groups in total. The molecule has 0 heterocycles. The first-order valence-electron chi connectivity index (χ1n) is 6.14. The van der Waals surface area contributed by atoms with Gasteiger partial charge in [0.05, 0.1) is 6.04 Å². The van der Waals surface area contributed by atoms with Gasteiger partial charge >= 0.3 is 0 Å². The molecule has 0 aromatic rings.